The van der Waals surface area contributed by atoms with Crippen molar-refractivity contribution in [1.29, 1.82) is 0 Å². The number of aromatic carboxylic acids is 1. The summed E-state index contributed by atoms with van der Waals surface area (Å²) in [5.41, 5.74) is -0.328. The van der Waals surface area contributed by atoms with Crippen molar-refractivity contribution in [3.8, 4) is 11.1 Å². The average molecular weight is 269 g/mol. The van der Waals surface area contributed by atoms with Gasteiger partial charge in [0, 0.05) is 16.1 Å². The van der Waals surface area contributed by atoms with Crippen molar-refractivity contribution >= 4 is 17.6 Å². The van der Waals surface area contributed by atoms with Gasteiger partial charge in [0.1, 0.15) is 17.2 Å². The van der Waals surface area contributed by atoms with Crippen molar-refractivity contribution in [2.75, 3.05) is 0 Å². The number of hydrogen-bond donors (Lipinski definition) is 1. The van der Waals surface area contributed by atoms with E-state index in [4.69, 9.17) is 16.7 Å². The summed E-state index contributed by atoms with van der Waals surface area (Å²) in [7, 11) is 0. The van der Waals surface area contributed by atoms with Crippen molar-refractivity contribution in [2.45, 2.75) is 0 Å². The third-order valence-corrected chi connectivity index (χ3v) is 2.78. The lowest BCUT2D eigenvalue weighted by molar-refractivity contribution is 0.0693. The Kier molecular flexibility index (Phi) is 3.30. The molecule has 0 aliphatic rings. The highest BCUT2D eigenvalue weighted by molar-refractivity contribution is 6.33. The van der Waals surface area contributed by atoms with Crippen LogP contribution in [0.4, 0.5) is 8.78 Å². The molecule has 2 nitrogen and oxygen atoms in total. The summed E-state index contributed by atoms with van der Waals surface area (Å²) < 4.78 is 26.7. The molecular formula is C13H7ClF2O2. The van der Waals surface area contributed by atoms with Crippen LogP contribution in [0.1, 0.15) is 10.4 Å². The molecule has 0 fully saturated rings. The van der Waals surface area contributed by atoms with Crippen LogP contribution >= 0.6 is 11.6 Å². The first-order chi connectivity index (χ1) is 8.50. The molecule has 18 heavy (non-hydrogen) atoms. The van der Waals surface area contributed by atoms with Crippen LogP contribution in [-0.2, 0) is 0 Å². The summed E-state index contributed by atoms with van der Waals surface area (Å²) in [6.45, 7) is 0. The first-order valence-corrected chi connectivity index (χ1v) is 5.35. The van der Waals surface area contributed by atoms with E-state index >= 15 is 0 Å². The Hall–Kier alpha value is -1.94. The minimum absolute atomic E-state index is 0.0481. The van der Waals surface area contributed by atoms with E-state index in [1.54, 1.807) is 0 Å². The summed E-state index contributed by atoms with van der Waals surface area (Å²) in [6.07, 6.45) is 0. The molecule has 0 amide bonds. The maximum Gasteiger partial charge on any atom is 0.339 e. The lowest BCUT2D eigenvalue weighted by atomic mass is 9.99. The molecule has 0 spiro atoms. The van der Waals surface area contributed by atoms with Gasteiger partial charge in [-0.15, -0.1) is 0 Å². The molecule has 0 aromatic heterocycles. The molecule has 2 aromatic rings. The Labute approximate surface area is 106 Å². The quantitative estimate of drug-likeness (QED) is 0.894. The maximum atomic E-state index is 13.5. The van der Waals surface area contributed by atoms with Crippen LogP contribution in [0.3, 0.4) is 0 Å². The fourth-order valence-electron chi connectivity index (χ4n) is 1.67. The second-order valence-corrected chi connectivity index (χ2v) is 4.00. The zero-order valence-corrected chi connectivity index (χ0v) is 9.71. The van der Waals surface area contributed by atoms with Gasteiger partial charge in [-0.05, 0) is 24.3 Å². The molecular weight excluding hydrogens is 262 g/mol. The SMILES string of the molecule is O=C(O)c1c(F)cccc1-c1cc(F)ccc1Cl. The zero-order chi connectivity index (χ0) is 13.3. The zero-order valence-electron chi connectivity index (χ0n) is 8.95. The Morgan fingerprint density at radius 2 is 1.83 bits per heavy atom. The number of carboxylic acid groups (broad SMARTS) is 1. The van der Waals surface area contributed by atoms with Crippen molar-refractivity contribution in [2.24, 2.45) is 0 Å². The van der Waals surface area contributed by atoms with E-state index in [-0.39, 0.29) is 16.1 Å². The van der Waals surface area contributed by atoms with E-state index in [0.29, 0.717) is 0 Å². The fourth-order valence-corrected chi connectivity index (χ4v) is 1.89. The number of carboxylic acids is 1. The van der Waals surface area contributed by atoms with Gasteiger partial charge >= 0.3 is 5.97 Å². The lowest BCUT2D eigenvalue weighted by Gasteiger charge is -2.09. The molecule has 0 saturated heterocycles. The molecule has 0 aliphatic heterocycles. The Morgan fingerprint density at radius 3 is 2.50 bits per heavy atom. The van der Waals surface area contributed by atoms with Gasteiger partial charge in [-0.25, -0.2) is 13.6 Å². The highest BCUT2D eigenvalue weighted by Crippen LogP contribution is 2.32. The Bertz CT molecular complexity index is 626. The lowest BCUT2D eigenvalue weighted by Crippen LogP contribution is -2.03. The standard InChI is InChI=1S/C13H7ClF2O2/c14-10-5-4-7(15)6-9(10)8-2-1-3-11(16)12(8)13(17)18/h1-6H,(H,17,18). The fraction of sp³-hybridized carbons (Fsp3) is 0. The van der Waals surface area contributed by atoms with Gasteiger partial charge in [0.05, 0.1) is 0 Å². The van der Waals surface area contributed by atoms with E-state index in [0.717, 1.165) is 18.2 Å². The number of carbonyl (C=O) groups is 1. The number of rotatable bonds is 2. The molecule has 92 valence electrons. The molecule has 5 heteroatoms. The highest BCUT2D eigenvalue weighted by Gasteiger charge is 2.18. The van der Waals surface area contributed by atoms with E-state index in [2.05, 4.69) is 0 Å². The van der Waals surface area contributed by atoms with Gasteiger partial charge in [0.2, 0.25) is 0 Å². The summed E-state index contributed by atoms with van der Waals surface area (Å²) in [4.78, 5) is 11.0. The largest absolute Gasteiger partial charge is 0.478 e. The van der Waals surface area contributed by atoms with Crippen molar-refractivity contribution < 1.29 is 18.7 Å². The van der Waals surface area contributed by atoms with Gasteiger partial charge in [0.25, 0.3) is 0 Å². The predicted octanol–water partition coefficient (Wildman–Crippen LogP) is 3.98. The van der Waals surface area contributed by atoms with Gasteiger partial charge in [0.15, 0.2) is 0 Å². The van der Waals surface area contributed by atoms with Crippen LogP contribution in [0.5, 0.6) is 0 Å². The third kappa shape index (κ3) is 2.19. The average Bonchev–Trinajstić information content (AvgIpc) is 2.31. The van der Waals surface area contributed by atoms with Gasteiger partial charge < -0.3 is 5.11 Å². The first kappa shape index (κ1) is 12.5. The van der Waals surface area contributed by atoms with Crippen LogP contribution in [-0.4, -0.2) is 11.1 Å². The van der Waals surface area contributed by atoms with Crippen LogP contribution < -0.4 is 0 Å². The highest BCUT2D eigenvalue weighted by atomic mass is 35.5. The van der Waals surface area contributed by atoms with E-state index in [9.17, 15) is 13.6 Å². The summed E-state index contributed by atoms with van der Waals surface area (Å²) >= 11 is 5.88. The first-order valence-electron chi connectivity index (χ1n) is 4.98. The molecule has 2 rings (SSSR count). The van der Waals surface area contributed by atoms with Gasteiger partial charge in [-0.2, -0.15) is 0 Å². The van der Waals surface area contributed by atoms with E-state index in [1.165, 1.54) is 18.2 Å². The smallest absolute Gasteiger partial charge is 0.339 e. The second kappa shape index (κ2) is 4.74. The molecule has 2 aromatic carbocycles. The molecule has 0 bridgehead atoms. The Balaban J connectivity index is 2.75. The molecule has 0 saturated carbocycles. The number of hydrogen-bond acceptors (Lipinski definition) is 1. The van der Waals surface area contributed by atoms with Crippen molar-refractivity contribution in [3.05, 3.63) is 58.6 Å². The summed E-state index contributed by atoms with van der Waals surface area (Å²) in [6, 6.07) is 7.27. The van der Waals surface area contributed by atoms with Crippen LogP contribution in [0.15, 0.2) is 36.4 Å². The predicted molar refractivity (Wildman–Crippen MR) is 63.8 cm³/mol. The molecule has 0 atom stereocenters. The van der Waals surface area contributed by atoms with Crippen molar-refractivity contribution in [1.82, 2.24) is 0 Å². The monoisotopic (exact) mass is 268 g/mol. The molecule has 0 unspecified atom stereocenters. The molecule has 0 aliphatic carbocycles. The number of benzene rings is 2. The van der Waals surface area contributed by atoms with Crippen LogP contribution in [0.25, 0.3) is 11.1 Å². The molecule has 0 radical (unpaired) electrons. The van der Waals surface area contributed by atoms with Gasteiger partial charge in [-0.3, -0.25) is 0 Å². The van der Waals surface area contributed by atoms with Gasteiger partial charge in [-0.1, -0.05) is 23.7 Å². The normalized spacial score (nSPS) is 10.4. The summed E-state index contributed by atoms with van der Waals surface area (Å²) in [5.74, 6) is -2.89. The van der Waals surface area contributed by atoms with Crippen LogP contribution in [0.2, 0.25) is 5.02 Å². The molecule has 0 heterocycles. The van der Waals surface area contributed by atoms with E-state index in [1.807, 2.05) is 0 Å². The minimum Gasteiger partial charge on any atom is -0.478 e. The van der Waals surface area contributed by atoms with E-state index < -0.39 is 23.2 Å². The van der Waals surface area contributed by atoms with Crippen molar-refractivity contribution in [3.63, 3.8) is 0 Å². The number of halogens is 3. The topological polar surface area (TPSA) is 37.3 Å². The minimum atomic E-state index is -1.43. The summed E-state index contributed by atoms with van der Waals surface area (Å²) in [5, 5.41) is 9.15. The van der Waals surface area contributed by atoms with Crippen LogP contribution in [0, 0.1) is 11.6 Å². The molecule has 1 N–H and O–H groups in total. The maximum absolute atomic E-state index is 13.5. The third-order valence-electron chi connectivity index (χ3n) is 2.45. The Morgan fingerprint density at radius 1 is 1.11 bits per heavy atom. The second-order valence-electron chi connectivity index (χ2n) is 3.59.